The third-order valence-electron chi connectivity index (χ3n) is 4.37. The first kappa shape index (κ1) is 19.4. The van der Waals surface area contributed by atoms with E-state index in [9.17, 15) is 14.9 Å². The number of non-ortho nitro benzene ring substituents is 1. The predicted octanol–water partition coefficient (Wildman–Crippen LogP) is 6.27. The Morgan fingerprint density at radius 3 is 2.52 bits per heavy atom. The molecule has 0 bridgehead atoms. The maximum absolute atomic E-state index is 12.5. The number of rotatable bonds is 5. The highest BCUT2D eigenvalue weighted by atomic mass is 79.9. The number of halogens is 1. The van der Waals surface area contributed by atoms with E-state index in [0.29, 0.717) is 17.3 Å². The van der Waals surface area contributed by atoms with E-state index in [4.69, 9.17) is 4.74 Å². The molecule has 3 aromatic rings. The molecule has 29 heavy (non-hydrogen) atoms. The van der Waals surface area contributed by atoms with Crippen molar-refractivity contribution in [1.82, 2.24) is 0 Å². The molecule has 5 nitrogen and oxygen atoms in total. The van der Waals surface area contributed by atoms with E-state index in [1.165, 1.54) is 23.9 Å². The molecule has 3 aromatic carbocycles. The van der Waals surface area contributed by atoms with Gasteiger partial charge in [0.25, 0.3) is 5.69 Å². The van der Waals surface area contributed by atoms with E-state index in [1.54, 1.807) is 12.1 Å². The molecule has 0 unspecified atom stereocenters. The molecule has 0 fully saturated rings. The standard InChI is InChI=1S/C22H14BrNO4S/c23-18-11-15(12-21-22(25)17-3-1-2-4-20(17)29-21)7-10-19(18)28-13-14-5-8-16(9-6-14)24(26)27/h1-12H,13H2. The average molecular weight is 468 g/mol. The second-order valence-electron chi connectivity index (χ2n) is 6.34. The fourth-order valence-corrected chi connectivity index (χ4v) is 4.45. The maximum atomic E-state index is 12.5. The molecule has 144 valence electrons. The number of benzene rings is 3. The number of fused-ring (bicyclic) bond motifs is 1. The highest BCUT2D eigenvalue weighted by Gasteiger charge is 2.25. The normalized spacial score (nSPS) is 14.1. The van der Waals surface area contributed by atoms with Crippen LogP contribution in [0.15, 0.2) is 81.0 Å². The van der Waals surface area contributed by atoms with Crippen LogP contribution in [0.1, 0.15) is 21.5 Å². The van der Waals surface area contributed by atoms with Crippen LogP contribution in [0.4, 0.5) is 5.69 Å². The quantitative estimate of drug-likeness (QED) is 0.251. The number of Topliss-reactive ketones (excluding diaryl/α,β-unsaturated/α-hetero) is 1. The largest absolute Gasteiger partial charge is 0.488 e. The van der Waals surface area contributed by atoms with Gasteiger partial charge in [0, 0.05) is 22.6 Å². The summed E-state index contributed by atoms with van der Waals surface area (Å²) >= 11 is 4.99. The molecule has 1 heterocycles. The number of hydrogen-bond donors (Lipinski definition) is 0. The Morgan fingerprint density at radius 1 is 1.07 bits per heavy atom. The number of thioether (sulfide) groups is 1. The van der Waals surface area contributed by atoms with Crippen LogP contribution < -0.4 is 4.74 Å². The van der Waals surface area contributed by atoms with Crippen molar-refractivity contribution in [3.8, 4) is 5.75 Å². The number of carbonyl (C=O) groups is 1. The van der Waals surface area contributed by atoms with Crippen molar-refractivity contribution in [3.05, 3.63) is 103 Å². The lowest BCUT2D eigenvalue weighted by molar-refractivity contribution is -0.384. The molecule has 0 radical (unpaired) electrons. The van der Waals surface area contributed by atoms with Gasteiger partial charge in [-0.15, -0.1) is 0 Å². The van der Waals surface area contributed by atoms with Gasteiger partial charge in [0.2, 0.25) is 5.78 Å². The van der Waals surface area contributed by atoms with Crippen LogP contribution in [0, 0.1) is 10.1 Å². The van der Waals surface area contributed by atoms with E-state index in [-0.39, 0.29) is 11.5 Å². The highest BCUT2D eigenvalue weighted by molar-refractivity contribution is 9.10. The SMILES string of the molecule is O=C1C(=Cc2ccc(OCc3ccc([N+](=O)[O-])cc3)c(Br)c2)Sc2ccccc21. The van der Waals surface area contributed by atoms with E-state index < -0.39 is 4.92 Å². The molecule has 0 spiro atoms. The summed E-state index contributed by atoms with van der Waals surface area (Å²) in [6.07, 6.45) is 1.87. The van der Waals surface area contributed by atoms with Crippen molar-refractivity contribution < 1.29 is 14.5 Å². The van der Waals surface area contributed by atoms with Gasteiger partial charge in [0.15, 0.2) is 0 Å². The van der Waals surface area contributed by atoms with E-state index in [0.717, 1.165) is 26.1 Å². The Hall–Kier alpha value is -2.90. The molecule has 0 saturated heterocycles. The number of nitrogens with zero attached hydrogens (tertiary/aromatic N) is 1. The van der Waals surface area contributed by atoms with Gasteiger partial charge in [0.05, 0.1) is 14.3 Å². The third kappa shape index (κ3) is 4.26. The van der Waals surface area contributed by atoms with Gasteiger partial charge in [-0.05, 0) is 69.5 Å². The summed E-state index contributed by atoms with van der Waals surface area (Å²) < 4.78 is 6.58. The van der Waals surface area contributed by atoms with Crippen molar-refractivity contribution in [1.29, 1.82) is 0 Å². The second kappa shape index (κ2) is 8.23. The Labute approximate surface area is 179 Å². The van der Waals surface area contributed by atoms with E-state index in [2.05, 4.69) is 15.9 Å². The highest BCUT2D eigenvalue weighted by Crippen LogP contribution is 2.41. The zero-order valence-electron chi connectivity index (χ0n) is 15.0. The lowest BCUT2D eigenvalue weighted by Gasteiger charge is -2.09. The van der Waals surface area contributed by atoms with Crippen molar-refractivity contribution in [2.45, 2.75) is 11.5 Å². The van der Waals surface area contributed by atoms with Crippen LogP contribution in [-0.2, 0) is 6.61 Å². The molecule has 0 atom stereocenters. The van der Waals surface area contributed by atoms with E-state index >= 15 is 0 Å². The molecular formula is C22H14BrNO4S. The van der Waals surface area contributed by atoms with Crippen LogP contribution >= 0.6 is 27.7 Å². The minimum atomic E-state index is -0.430. The van der Waals surface area contributed by atoms with Gasteiger partial charge in [-0.1, -0.05) is 30.0 Å². The van der Waals surface area contributed by atoms with Crippen LogP contribution in [0.3, 0.4) is 0 Å². The summed E-state index contributed by atoms with van der Waals surface area (Å²) in [6.45, 7) is 0.292. The Bertz CT molecular complexity index is 1140. The monoisotopic (exact) mass is 467 g/mol. The van der Waals surface area contributed by atoms with Crippen LogP contribution in [-0.4, -0.2) is 10.7 Å². The molecule has 7 heteroatoms. The first-order valence-corrected chi connectivity index (χ1v) is 10.3. The zero-order valence-corrected chi connectivity index (χ0v) is 17.4. The van der Waals surface area contributed by atoms with Crippen molar-refractivity contribution in [2.75, 3.05) is 0 Å². The molecule has 0 aromatic heterocycles. The summed E-state index contributed by atoms with van der Waals surface area (Å²) in [4.78, 5) is 24.5. The summed E-state index contributed by atoms with van der Waals surface area (Å²) in [6, 6.07) is 19.5. The molecule has 0 amide bonds. The number of carbonyl (C=O) groups excluding carboxylic acids is 1. The minimum Gasteiger partial charge on any atom is -0.488 e. The minimum absolute atomic E-state index is 0.0419. The van der Waals surface area contributed by atoms with Crippen LogP contribution in [0.5, 0.6) is 5.75 Å². The summed E-state index contributed by atoms with van der Waals surface area (Å²) in [5.74, 6) is 0.694. The molecular weight excluding hydrogens is 454 g/mol. The Kier molecular flexibility index (Phi) is 5.51. The maximum Gasteiger partial charge on any atom is 0.269 e. The molecule has 1 aliphatic rings. The number of allylic oxidation sites excluding steroid dienone is 1. The van der Waals surface area contributed by atoms with Gasteiger partial charge >= 0.3 is 0 Å². The fourth-order valence-electron chi connectivity index (χ4n) is 2.89. The second-order valence-corrected chi connectivity index (χ2v) is 8.28. The van der Waals surface area contributed by atoms with Gasteiger partial charge in [-0.3, -0.25) is 14.9 Å². The zero-order chi connectivity index (χ0) is 20.4. The Morgan fingerprint density at radius 2 is 1.83 bits per heavy atom. The van der Waals surface area contributed by atoms with Gasteiger partial charge < -0.3 is 4.74 Å². The smallest absolute Gasteiger partial charge is 0.269 e. The molecule has 0 N–H and O–H groups in total. The van der Waals surface area contributed by atoms with Crippen LogP contribution in [0.2, 0.25) is 0 Å². The lowest BCUT2D eigenvalue weighted by atomic mass is 10.1. The van der Waals surface area contributed by atoms with Crippen molar-refractivity contribution in [3.63, 3.8) is 0 Å². The summed E-state index contributed by atoms with van der Waals surface area (Å²) in [5.41, 5.74) is 2.52. The van der Waals surface area contributed by atoms with E-state index in [1.807, 2.05) is 48.5 Å². The fraction of sp³-hybridized carbons (Fsp3) is 0.0455. The predicted molar refractivity (Wildman–Crippen MR) is 116 cm³/mol. The summed E-state index contributed by atoms with van der Waals surface area (Å²) in [7, 11) is 0. The number of nitro groups is 1. The lowest BCUT2D eigenvalue weighted by Crippen LogP contribution is -1.97. The van der Waals surface area contributed by atoms with Gasteiger partial charge in [0.1, 0.15) is 12.4 Å². The summed E-state index contributed by atoms with van der Waals surface area (Å²) in [5, 5.41) is 10.7. The van der Waals surface area contributed by atoms with Gasteiger partial charge in [-0.25, -0.2) is 0 Å². The third-order valence-corrected chi connectivity index (χ3v) is 6.09. The van der Waals surface area contributed by atoms with Crippen LogP contribution in [0.25, 0.3) is 6.08 Å². The van der Waals surface area contributed by atoms with Crippen molar-refractivity contribution >= 4 is 45.2 Å². The number of ketones is 1. The van der Waals surface area contributed by atoms with Gasteiger partial charge in [-0.2, -0.15) is 0 Å². The topological polar surface area (TPSA) is 69.4 Å². The first-order valence-electron chi connectivity index (χ1n) is 8.70. The molecule has 0 saturated carbocycles. The average Bonchev–Trinajstić information content (AvgIpc) is 3.03. The molecule has 1 aliphatic heterocycles. The number of hydrogen-bond acceptors (Lipinski definition) is 5. The molecule has 0 aliphatic carbocycles. The number of ether oxygens (including phenoxy) is 1. The Balaban J connectivity index is 1.46. The molecule has 4 rings (SSSR count). The first-order chi connectivity index (χ1) is 14.0. The number of nitro benzene ring substituents is 1. The van der Waals surface area contributed by atoms with Crippen molar-refractivity contribution in [2.24, 2.45) is 0 Å².